The molecule has 0 atom stereocenters. The molecule has 2 aromatic heterocycles. The van der Waals surface area contributed by atoms with E-state index in [1.807, 2.05) is 47.6 Å². The van der Waals surface area contributed by atoms with Gasteiger partial charge in [0.2, 0.25) is 0 Å². The summed E-state index contributed by atoms with van der Waals surface area (Å²) in [6, 6.07) is 22.8. The smallest absolute Gasteiger partial charge is 0.164 e. The first kappa shape index (κ1) is 41.8. The summed E-state index contributed by atoms with van der Waals surface area (Å²) in [5.74, 6) is 0.825. The Hall–Kier alpha value is -3.60. The van der Waals surface area contributed by atoms with Crippen LogP contribution in [0.4, 0.5) is 0 Å². The molecule has 0 spiro atoms. The van der Waals surface area contributed by atoms with E-state index < -0.39 is 0 Å². The Kier molecular flexibility index (Phi) is 14.2. The van der Waals surface area contributed by atoms with Gasteiger partial charge < -0.3 is 9.52 Å². The monoisotopic (exact) mass is 866 g/mol. The molecular formula is C45H57IrN2O3-. The molecule has 3 aromatic carbocycles. The van der Waals surface area contributed by atoms with Crippen molar-refractivity contribution in [2.75, 3.05) is 0 Å². The Balaban J connectivity index is 0.000000335. The number of allylic oxidation sites excluding steroid dienone is 2. The quantitative estimate of drug-likeness (QED) is 0.0813. The second-order valence-electron chi connectivity index (χ2n) is 15.7. The average molecular weight is 866 g/mol. The largest absolute Gasteiger partial charge is 0.512 e. The van der Waals surface area contributed by atoms with Crippen molar-refractivity contribution in [3.63, 3.8) is 0 Å². The van der Waals surface area contributed by atoms with Gasteiger partial charge in [0.15, 0.2) is 5.78 Å². The van der Waals surface area contributed by atoms with Crippen LogP contribution in [-0.4, -0.2) is 20.9 Å². The topological polar surface area (TPSA) is 76.2 Å². The van der Waals surface area contributed by atoms with Gasteiger partial charge in [0.1, 0.15) is 17.7 Å². The Bertz CT molecular complexity index is 1960. The molecule has 0 fully saturated rings. The molecule has 275 valence electrons. The van der Waals surface area contributed by atoms with Crippen molar-refractivity contribution in [1.29, 1.82) is 0 Å². The number of benzene rings is 3. The number of aromatic nitrogens is 2. The molecule has 0 unspecified atom stereocenters. The van der Waals surface area contributed by atoms with Crippen LogP contribution in [0.3, 0.4) is 0 Å². The zero-order valence-electron chi connectivity index (χ0n) is 32.5. The number of fused-ring (bicyclic) bond motifs is 2. The summed E-state index contributed by atoms with van der Waals surface area (Å²) in [7, 11) is 0. The van der Waals surface area contributed by atoms with Crippen molar-refractivity contribution in [3.05, 3.63) is 96.2 Å². The van der Waals surface area contributed by atoms with Crippen LogP contribution < -0.4 is 0 Å². The van der Waals surface area contributed by atoms with Gasteiger partial charge in [0, 0.05) is 53.7 Å². The number of hydrogen-bond donors (Lipinski definition) is 1. The maximum absolute atomic E-state index is 12.2. The van der Waals surface area contributed by atoms with Crippen molar-refractivity contribution in [2.45, 2.75) is 114 Å². The van der Waals surface area contributed by atoms with Crippen LogP contribution in [0.25, 0.3) is 44.3 Å². The van der Waals surface area contributed by atoms with Crippen LogP contribution in [0.2, 0.25) is 0 Å². The summed E-state index contributed by atoms with van der Waals surface area (Å²) in [5, 5.41) is 13.6. The van der Waals surface area contributed by atoms with Crippen LogP contribution >= 0.6 is 0 Å². The summed E-state index contributed by atoms with van der Waals surface area (Å²) in [6.45, 7) is 23.3. The first-order valence-electron chi connectivity index (χ1n) is 18.3. The van der Waals surface area contributed by atoms with E-state index >= 15 is 0 Å². The molecule has 0 aliphatic heterocycles. The van der Waals surface area contributed by atoms with E-state index in [2.05, 4.69) is 99.2 Å². The minimum absolute atomic E-state index is 0. The summed E-state index contributed by atoms with van der Waals surface area (Å²) in [6.07, 6.45) is 9.14. The third kappa shape index (κ3) is 9.64. The molecule has 0 bridgehead atoms. The number of nitrogens with zero attached hydrogens (tertiary/aromatic N) is 2. The number of hydrogen-bond acceptors (Lipinski definition) is 5. The van der Waals surface area contributed by atoms with Crippen molar-refractivity contribution in [1.82, 2.24) is 9.97 Å². The zero-order chi connectivity index (χ0) is 36.9. The number of rotatable bonds is 11. The number of aliphatic hydroxyl groups excluding tert-OH is 1. The van der Waals surface area contributed by atoms with E-state index in [4.69, 9.17) is 4.42 Å². The van der Waals surface area contributed by atoms with Gasteiger partial charge in [0.25, 0.3) is 0 Å². The normalized spacial score (nSPS) is 12.5. The van der Waals surface area contributed by atoms with Gasteiger partial charge in [-0.2, -0.15) is 0 Å². The second kappa shape index (κ2) is 17.3. The van der Waals surface area contributed by atoms with Crippen LogP contribution in [0.1, 0.15) is 113 Å². The molecular weight excluding hydrogens is 809 g/mol. The van der Waals surface area contributed by atoms with Gasteiger partial charge in [-0.05, 0) is 73.3 Å². The summed E-state index contributed by atoms with van der Waals surface area (Å²) < 4.78 is 5.78. The fourth-order valence-electron chi connectivity index (χ4n) is 6.23. The van der Waals surface area contributed by atoms with E-state index in [0.717, 1.165) is 71.0 Å². The number of carbonyl (C=O) groups is 1. The van der Waals surface area contributed by atoms with Gasteiger partial charge in [-0.15, -0.1) is 29.1 Å². The predicted molar refractivity (Wildman–Crippen MR) is 209 cm³/mol. The van der Waals surface area contributed by atoms with E-state index in [-0.39, 0.29) is 47.9 Å². The molecule has 2 heterocycles. The zero-order valence-corrected chi connectivity index (χ0v) is 34.9. The van der Waals surface area contributed by atoms with E-state index in [1.165, 1.54) is 22.6 Å². The molecule has 5 rings (SSSR count). The summed E-state index contributed by atoms with van der Waals surface area (Å²) in [4.78, 5) is 21.4. The summed E-state index contributed by atoms with van der Waals surface area (Å²) in [5.41, 5.74) is 6.77. The maximum atomic E-state index is 12.2. The molecule has 0 amide bonds. The third-order valence-electron chi connectivity index (χ3n) is 10.7. The van der Waals surface area contributed by atoms with Crippen LogP contribution in [-0.2, 0) is 36.7 Å². The Morgan fingerprint density at radius 2 is 1.49 bits per heavy atom. The van der Waals surface area contributed by atoms with Gasteiger partial charge in [-0.25, -0.2) is 4.98 Å². The number of carbonyl (C=O) groups excluding carboxylic acids is 1. The molecule has 6 heteroatoms. The van der Waals surface area contributed by atoms with Gasteiger partial charge in [0.05, 0.1) is 12.0 Å². The Morgan fingerprint density at radius 3 is 2.10 bits per heavy atom. The van der Waals surface area contributed by atoms with Crippen molar-refractivity contribution < 1.29 is 34.4 Å². The van der Waals surface area contributed by atoms with Crippen LogP contribution in [0.15, 0.2) is 83.4 Å². The maximum Gasteiger partial charge on any atom is 0.164 e. The average Bonchev–Trinajstić information content (AvgIpc) is 3.59. The van der Waals surface area contributed by atoms with Crippen LogP contribution in [0, 0.1) is 22.8 Å². The van der Waals surface area contributed by atoms with Gasteiger partial charge in [-0.3, -0.25) is 9.78 Å². The number of ketones is 1. The van der Waals surface area contributed by atoms with Crippen molar-refractivity contribution in [3.8, 4) is 22.5 Å². The first-order chi connectivity index (χ1) is 23.6. The third-order valence-corrected chi connectivity index (χ3v) is 10.7. The Morgan fingerprint density at radius 1 is 0.863 bits per heavy atom. The number of aliphatic hydroxyl groups is 1. The molecule has 0 aliphatic carbocycles. The SMILES string of the molecule is CC(C)Cc1cc(-c2cc(-c3[c-]c4ccccc4c(C(C)(C)C)c3)ncn2)cc2ccoc12.CCC(C)(CC)C(=O)/C=C(\O)C(C)(CC)CC.[Ir]. The molecule has 1 N–H and O–H groups in total. The molecule has 0 aliphatic rings. The fraction of sp³-hybridized carbons (Fsp3) is 0.444. The minimum Gasteiger partial charge on any atom is -0.512 e. The van der Waals surface area contributed by atoms with Crippen molar-refractivity contribution >= 4 is 27.5 Å². The Labute approximate surface area is 319 Å². The van der Waals surface area contributed by atoms with Gasteiger partial charge >= 0.3 is 0 Å². The molecule has 0 saturated heterocycles. The predicted octanol–water partition coefficient (Wildman–Crippen LogP) is 12.7. The number of furan rings is 1. The van der Waals surface area contributed by atoms with Gasteiger partial charge in [-0.1, -0.05) is 105 Å². The van der Waals surface area contributed by atoms with Crippen molar-refractivity contribution in [2.24, 2.45) is 16.7 Å². The standard InChI is InChI=1S/C30H29N2O.C15H28O2.Ir/c1-19(2)12-24-15-22(14-21-10-11-33-29(21)24)27-17-28(32-18-31-27)23-13-20-8-6-7-9-25(20)26(16-23)30(3,4)5;1-7-14(5,8-2)12(16)11-13(17)15(6,9-3)10-4;/h6-11,14-19H,12H2,1-5H3;11,16H,7-10H2,1-6H3;/q-1;;/b;12-11-;. The van der Waals surface area contributed by atoms with E-state index in [0.29, 0.717) is 5.92 Å². The first-order valence-corrected chi connectivity index (χ1v) is 18.3. The van der Waals surface area contributed by atoms with E-state index in [9.17, 15) is 9.90 Å². The molecule has 5 aromatic rings. The van der Waals surface area contributed by atoms with E-state index in [1.54, 1.807) is 12.6 Å². The second-order valence-corrected chi connectivity index (χ2v) is 15.7. The van der Waals surface area contributed by atoms with Crippen LogP contribution in [0.5, 0.6) is 0 Å². The molecule has 51 heavy (non-hydrogen) atoms. The molecule has 1 radical (unpaired) electrons. The molecule has 5 nitrogen and oxygen atoms in total. The fourth-order valence-corrected chi connectivity index (χ4v) is 6.23. The molecule has 0 saturated carbocycles. The minimum atomic E-state index is -0.337. The summed E-state index contributed by atoms with van der Waals surface area (Å²) >= 11 is 0.